The molecule has 3 N–H and O–H groups in total. The van der Waals surface area contributed by atoms with Crippen molar-refractivity contribution in [2.75, 3.05) is 14.2 Å². The number of hydrogen-bond acceptors (Lipinski definition) is 6. The molecule has 1 aliphatic rings. The molecular weight excluding hydrogens is 380 g/mol. The topological polar surface area (TPSA) is 88.4 Å². The van der Waals surface area contributed by atoms with Gasteiger partial charge < -0.3 is 29.5 Å². The average molecular weight is 397 g/mol. The summed E-state index contributed by atoms with van der Waals surface area (Å²) in [5.41, 5.74) is 1.02. The Balaban J connectivity index is 2.12. The van der Waals surface area contributed by atoms with Gasteiger partial charge in [-0.1, -0.05) is 12.1 Å². The van der Waals surface area contributed by atoms with Crippen LogP contribution in [0.25, 0.3) is 0 Å². The standard InChI is InChI=1S/C17H17BrO6/c1-22-16-11(18)7-10-12(20)13(21)14(24-15(10)17(16)23-2)8-3-5-9(19)6-4-8/h3-7,12-14,19-21H,1-2H3/t12-,13-,14-/m1/s1. The van der Waals surface area contributed by atoms with Crippen LogP contribution in [0, 0.1) is 0 Å². The molecule has 3 atom stereocenters. The Bertz CT molecular complexity index is 746. The number of methoxy groups -OCH3 is 2. The van der Waals surface area contributed by atoms with Crippen LogP contribution >= 0.6 is 15.9 Å². The molecule has 1 heterocycles. The number of aliphatic hydroxyl groups excluding tert-OH is 2. The van der Waals surface area contributed by atoms with Crippen molar-refractivity contribution in [3.63, 3.8) is 0 Å². The summed E-state index contributed by atoms with van der Waals surface area (Å²) in [6, 6.07) is 7.88. The summed E-state index contributed by atoms with van der Waals surface area (Å²) in [6.45, 7) is 0. The van der Waals surface area contributed by atoms with Gasteiger partial charge in [-0.3, -0.25) is 0 Å². The van der Waals surface area contributed by atoms with Crippen LogP contribution in [-0.4, -0.2) is 35.6 Å². The first kappa shape index (κ1) is 16.9. The number of phenols is 1. The van der Waals surface area contributed by atoms with E-state index in [-0.39, 0.29) is 5.75 Å². The van der Waals surface area contributed by atoms with Crippen molar-refractivity contribution in [1.29, 1.82) is 0 Å². The molecule has 6 nitrogen and oxygen atoms in total. The minimum Gasteiger partial charge on any atom is -0.508 e. The van der Waals surface area contributed by atoms with Crippen LogP contribution in [0.15, 0.2) is 34.8 Å². The highest BCUT2D eigenvalue weighted by molar-refractivity contribution is 9.10. The Morgan fingerprint density at radius 2 is 1.67 bits per heavy atom. The third-order valence-corrected chi connectivity index (χ3v) is 4.59. The van der Waals surface area contributed by atoms with Crippen LogP contribution in [0.3, 0.4) is 0 Å². The first-order valence-corrected chi connectivity index (χ1v) is 8.03. The number of ether oxygens (including phenoxy) is 3. The van der Waals surface area contributed by atoms with Gasteiger partial charge in [0.05, 0.1) is 18.7 Å². The predicted octanol–water partition coefficient (Wildman–Crippen LogP) is 2.70. The van der Waals surface area contributed by atoms with Crippen molar-refractivity contribution >= 4 is 15.9 Å². The van der Waals surface area contributed by atoms with E-state index >= 15 is 0 Å². The molecule has 7 heteroatoms. The number of aliphatic hydroxyl groups is 2. The fourth-order valence-corrected chi connectivity index (χ4v) is 3.39. The molecule has 0 bridgehead atoms. The lowest BCUT2D eigenvalue weighted by molar-refractivity contribution is -0.0710. The second kappa shape index (κ2) is 6.51. The lowest BCUT2D eigenvalue weighted by atomic mass is 9.92. The minimum absolute atomic E-state index is 0.105. The average Bonchev–Trinajstić information content (AvgIpc) is 2.58. The monoisotopic (exact) mass is 396 g/mol. The molecule has 3 rings (SSSR count). The van der Waals surface area contributed by atoms with E-state index in [0.29, 0.717) is 32.8 Å². The first-order valence-electron chi connectivity index (χ1n) is 7.24. The molecule has 2 aromatic carbocycles. The van der Waals surface area contributed by atoms with Crippen LogP contribution in [0.2, 0.25) is 0 Å². The molecule has 0 aliphatic carbocycles. The zero-order valence-corrected chi connectivity index (χ0v) is 14.6. The molecule has 2 aromatic rings. The Labute approximate surface area is 147 Å². The van der Waals surface area contributed by atoms with Crippen molar-refractivity contribution in [2.45, 2.75) is 18.3 Å². The highest BCUT2D eigenvalue weighted by atomic mass is 79.9. The summed E-state index contributed by atoms with van der Waals surface area (Å²) in [5, 5.41) is 30.4. The van der Waals surface area contributed by atoms with Gasteiger partial charge in [-0.15, -0.1) is 0 Å². The molecule has 0 fully saturated rings. The summed E-state index contributed by atoms with van der Waals surface area (Å²) in [7, 11) is 2.97. The molecule has 0 amide bonds. The fourth-order valence-electron chi connectivity index (χ4n) is 2.80. The van der Waals surface area contributed by atoms with E-state index in [0.717, 1.165) is 0 Å². The lowest BCUT2D eigenvalue weighted by Gasteiger charge is -2.35. The molecule has 0 spiro atoms. The Kier molecular flexibility index (Phi) is 4.58. The summed E-state index contributed by atoms with van der Waals surface area (Å²) >= 11 is 3.36. The second-order valence-corrected chi connectivity index (χ2v) is 6.26. The highest BCUT2D eigenvalue weighted by Crippen LogP contribution is 2.52. The van der Waals surface area contributed by atoms with Gasteiger partial charge in [0.25, 0.3) is 0 Å². The summed E-state index contributed by atoms with van der Waals surface area (Å²) in [6.07, 6.45) is -3.15. The van der Waals surface area contributed by atoms with Gasteiger partial charge in [0.1, 0.15) is 18.0 Å². The second-order valence-electron chi connectivity index (χ2n) is 5.41. The SMILES string of the molecule is COc1c(Br)cc2c(c1OC)O[C@H](c1ccc(O)cc1)[C@H](O)[C@@H]2O. The van der Waals surface area contributed by atoms with Gasteiger partial charge in [-0.05, 0) is 39.7 Å². The maximum absolute atomic E-state index is 10.5. The summed E-state index contributed by atoms with van der Waals surface area (Å²) < 4.78 is 17.2. The smallest absolute Gasteiger partial charge is 0.204 e. The first-order chi connectivity index (χ1) is 11.5. The quantitative estimate of drug-likeness (QED) is 0.738. The van der Waals surface area contributed by atoms with E-state index in [9.17, 15) is 15.3 Å². The van der Waals surface area contributed by atoms with Crippen LogP contribution in [0.5, 0.6) is 23.0 Å². The maximum atomic E-state index is 10.5. The summed E-state index contributed by atoms with van der Waals surface area (Å²) in [4.78, 5) is 0. The number of phenolic OH excluding ortho intramolecular Hbond substituents is 1. The zero-order valence-electron chi connectivity index (χ0n) is 13.1. The molecule has 0 radical (unpaired) electrons. The van der Waals surface area contributed by atoms with Gasteiger partial charge in [0, 0.05) is 5.56 Å². The zero-order chi connectivity index (χ0) is 17.4. The molecule has 0 unspecified atom stereocenters. The summed E-state index contributed by atoms with van der Waals surface area (Å²) in [5.74, 6) is 1.18. The van der Waals surface area contributed by atoms with E-state index in [1.807, 2.05) is 0 Å². The molecule has 0 saturated heterocycles. The van der Waals surface area contributed by atoms with Crippen LogP contribution in [-0.2, 0) is 0 Å². The minimum atomic E-state index is -1.17. The van der Waals surface area contributed by atoms with Crippen molar-refractivity contribution in [3.05, 3.63) is 45.9 Å². The maximum Gasteiger partial charge on any atom is 0.204 e. The molecule has 0 saturated carbocycles. The number of hydrogen-bond donors (Lipinski definition) is 3. The Hall–Kier alpha value is -1.96. The molecule has 24 heavy (non-hydrogen) atoms. The van der Waals surface area contributed by atoms with E-state index in [4.69, 9.17) is 14.2 Å². The number of aromatic hydroxyl groups is 1. The normalized spacial score (nSPS) is 22.5. The van der Waals surface area contributed by atoms with Gasteiger partial charge in [-0.2, -0.15) is 0 Å². The fraction of sp³-hybridized carbons (Fsp3) is 0.294. The number of halogens is 1. The Morgan fingerprint density at radius 1 is 1.04 bits per heavy atom. The number of fused-ring (bicyclic) bond motifs is 1. The van der Waals surface area contributed by atoms with Gasteiger partial charge in [0.2, 0.25) is 5.75 Å². The van der Waals surface area contributed by atoms with Crippen molar-refractivity contribution in [3.8, 4) is 23.0 Å². The number of benzene rings is 2. The Morgan fingerprint density at radius 3 is 2.25 bits per heavy atom. The third-order valence-electron chi connectivity index (χ3n) is 4.00. The van der Waals surface area contributed by atoms with Crippen LogP contribution < -0.4 is 14.2 Å². The largest absolute Gasteiger partial charge is 0.508 e. The molecule has 0 aromatic heterocycles. The lowest BCUT2D eigenvalue weighted by Crippen LogP contribution is -2.34. The third kappa shape index (κ3) is 2.68. The molecule has 1 aliphatic heterocycles. The van der Waals surface area contributed by atoms with Gasteiger partial charge >= 0.3 is 0 Å². The van der Waals surface area contributed by atoms with Crippen LogP contribution in [0.1, 0.15) is 23.3 Å². The molecule has 128 valence electrons. The predicted molar refractivity (Wildman–Crippen MR) is 89.7 cm³/mol. The number of rotatable bonds is 3. The van der Waals surface area contributed by atoms with Crippen molar-refractivity contribution < 1.29 is 29.5 Å². The van der Waals surface area contributed by atoms with E-state index < -0.39 is 18.3 Å². The van der Waals surface area contributed by atoms with E-state index in [1.165, 1.54) is 26.4 Å². The van der Waals surface area contributed by atoms with Gasteiger partial charge in [0.15, 0.2) is 17.6 Å². The van der Waals surface area contributed by atoms with Crippen molar-refractivity contribution in [1.82, 2.24) is 0 Å². The van der Waals surface area contributed by atoms with Gasteiger partial charge in [-0.25, -0.2) is 0 Å². The van der Waals surface area contributed by atoms with Crippen molar-refractivity contribution in [2.24, 2.45) is 0 Å². The highest BCUT2D eigenvalue weighted by Gasteiger charge is 2.40. The molecular formula is C17H17BrO6. The van der Waals surface area contributed by atoms with E-state index in [1.54, 1.807) is 18.2 Å². The van der Waals surface area contributed by atoms with E-state index in [2.05, 4.69) is 15.9 Å². The van der Waals surface area contributed by atoms with Crippen LogP contribution in [0.4, 0.5) is 0 Å².